The molecule has 0 aliphatic carbocycles. The van der Waals surface area contributed by atoms with Gasteiger partial charge in [0.25, 0.3) is 5.16 Å². The van der Waals surface area contributed by atoms with Crippen molar-refractivity contribution < 1.29 is 8.42 Å². The zero-order valence-corrected chi connectivity index (χ0v) is 10.6. The fourth-order valence-electron chi connectivity index (χ4n) is 1.77. The van der Waals surface area contributed by atoms with E-state index in [9.17, 15) is 8.42 Å². The third-order valence-electron chi connectivity index (χ3n) is 2.72. The van der Waals surface area contributed by atoms with Gasteiger partial charge in [0.05, 0.1) is 10.3 Å². The summed E-state index contributed by atoms with van der Waals surface area (Å²) in [5, 5.41) is 0.304. The van der Waals surface area contributed by atoms with Crippen LogP contribution in [0.2, 0.25) is 0 Å². The van der Waals surface area contributed by atoms with E-state index in [1.165, 1.54) is 12.1 Å². The van der Waals surface area contributed by atoms with Gasteiger partial charge >= 0.3 is 0 Å². The van der Waals surface area contributed by atoms with Gasteiger partial charge < -0.3 is 10.7 Å². The number of nitrogens with two attached hydrogens (primary N) is 1. The molecule has 0 saturated heterocycles. The number of nitrogen functional groups attached to an aromatic ring is 1. The summed E-state index contributed by atoms with van der Waals surface area (Å²) < 4.78 is 24.7. The maximum atomic E-state index is 12.4. The van der Waals surface area contributed by atoms with E-state index in [0.717, 1.165) is 0 Å². The number of rotatable bonds is 2. The van der Waals surface area contributed by atoms with Crippen molar-refractivity contribution >= 4 is 26.7 Å². The van der Waals surface area contributed by atoms with Crippen molar-refractivity contribution in [3.05, 3.63) is 42.6 Å². The molecule has 0 amide bonds. The molecule has 3 aromatic rings. The van der Waals surface area contributed by atoms with E-state index >= 15 is 0 Å². The summed E-state index contributed by atoms with van der Waals surface area (Å²) in [5.41, 5.74) is 6.15. The first-order valence-corrected chi connectivity index (χ1v) is 6.98. The first-order valence-electron chi connectivity index (χ1n) is 5.50. The molecule has 0 fully saturated rings. The second-order valence-corrected chi connectivity index (χ2v) is 5.79. The van der Waals surface area contributed by atoms with Gasteiger partial charge in [0.2, 0.25) is 9.84 Å². The first kappa shape index (κ1) is 11.7. The molecule has 2 aromatic heterocycles. The average molecular weight is 274 g/mol. The number of aromatic nitrogens is 3. The van der Waals surface area contributed by atoms with Gasteiger partial charge in [-0.1, -0.05) is 18.2 Å². The van der Waals surface area contributed by atoms with E-state index in [2.05, 4.69) is 15.0 Å². The highest BCUT2D eigenvalue weighted by molar-refractivity contribution is 7.91. The highest BCUT2D eigenvalue weighted by Crippen LogP contribution is 2.22. The summed E-state index contributed by atoms with van der Waals surface area (Å²) in [6.45, 7) is 0. The van der Waals surface area contributed by atoms with E-state index in [4.69, 9.17) is 5.73 Å². The maximum Gasteiger partial charge on any atom is 0.255 e. The van der Waals surface area contributed by atoms with Crippen LogP contribution in [-0.4, -0.2) is 23.4 Å². The molecule has 3 rings (SSSR count). The number of nitrogens with zero attached hydrogens (tertiary/aromatic N) is 2. The standard InChI is InChI=1S/C12H10N4O2S/c13-10-9-6-7-14-11(9)16-12(15-10)19(17,18)8-4-2-1-3-5-8/h1-7H,(H3,13,14,15,16). The van der Waals surface area contributed by atoms with Crippen LogP contribution in [0.25, 0.3) is 11.0 Å². The van der Waals surface area contributed by atoms with Gasteiger partial charge in [-0.05, 0) is 18.2 Å². The van der Waals surface area contributed by atoms with E-state index in [1.807, 2.05) is 0 Å². The molecular formula is C12H10N4O2S. The quantitative estimate of drug-likeness (QED) is 0.687. The van der Waals surface area contributed by atoms with Crippen LogP contribution in [0.3, 0.4) is 0 Å². The van der Waals surface area contributed by atoms with E-state index in [-0.39, 0.29) is 15.9 Å². The normalized spacial score (nSPS) is 11.8. The van der Waals surface area contributed by atoms with Crippen LogP contribution in [-0.2, 0) is 9.84 Å². The Labute approximate surface area is 109 Å². The first-order chi connectivity index (χ1) is 9.09. The molecule has 19 heavy (non-hydrogen) atoms. The Bertz CT molecular complexity index is 841. The molecule has 6 nitrogen and oxygen atoms in total. The Morgan fingerprint density at radius 1 is 1.05 bits per heavy atom. The Morgan fingerprint density at radius 3 is 2.53 bits per heavy atom. The number of aromatic amines is 1. The number of benzene rings is 1. The lowest BCUT2D eigenvalue weighted by Crippen LogP contribution is -2.09. The summed E-state index contributed by atoms with van der Waals surface area (Å²) in [5.74, 6) is 0.140. The van der Waals surface area contributed by atoms with Crippen LogP contribution in [0, 0.1) is 0 Å². The van der Waals surface area contributed by atoms with Gasteiger partial charge in [-0.15, -0.1) is 0 Å². The summed E-state index contributed by atoms with van der Waals surface area (Å²) in [7, 11) is -3.75. The van der Waals surface area contributed by atoms with Crippen molar-refractivity contribution in [2.24, 2.45) is 0 Å². The number of nitrogens with one attached hydrogen (secondary N) is 1. The lowest BCUT2D eigenvalue weighted by atomic mass is 10.4. The van der Waals surface area contributed by atoms with Crippen molar-refractivity contribution in [3.63, 3.8) is 0 Å². The summed E-state index contributed by atoms with van der Waals surface area (Å²) in [6.07, 6.45) is 1.63. The Kier molecular flexibility index (Phi) is 2.49. The third-order valence-corrected chi connectivity index (χ3v) is 4.27. The fraction of sp³-hybridized carbons (Fsp3) is 0. The number of H-pyrrole nitrogens is 1. The van der Waals surface area contributed by atoms with Crippen LogP contribution in [0.1, 0.15) is 0 Å². The molecule has 0 saturated carbocycles. The number of anilines is 1. The van der Waals surface area contributed by atoms with Gasteiger partial charge in [0.15, 0.2) is 0 Å². The lowest BCUT2D eigenvalue weighted by Gasteiger charge is -2.04. The van der Waals surface area contributed by atoms with Crippen molar-refractivity contribution in [1.29, 1.82) is 0 Å². The van der Waals surface area contributed by atoms with Crippen LogP contribution in [0.4, 0.5) is 5.82 Å². The zero-order chi connectivity index (χ0) is 13.5. The third kappa shape index (κ3) is 1.84. The molecule has 0 atom stereocenters. The molecule has 1 aromatic carbocycles. The largest absolute Gasteiger partial charge is 0.383 e. The SMILES string of the molecule is Nc1nc(S(=O)(=O)c2ccccc2)nc2[nH]ccc12. The Balaban J connectivity index is 2.24. The Hall–Kier alpha value is -2.41. The van der Waals surface area contributed by atoms with Crippen LogP contribution in [0.15, 0.2) is 52.6 Å². The molecule has 0 aliphatic rings. The van der Waals surface area contributed by atoms with E-state index < -0.39 is 9.84 Å². The topological polar surface area (TPSA) is 102 Å². The molecule has 0 bridgehead atoms. The summed E-state index contributed by atoms with van der Waals surface area (Å²) in [6, 6.07) is 9.71. The van der Waals surface area contributed by atoms with Gasteiger partial charge in [-0.25, -0.2) is 13.4 Å². The van der Waals surface area contributed by atoms with Gasteiger partial charge in [0.1, 0.15) is 11.5 Å². The molecule has 0 radical (unpaired) electrons. The van der Waals surface area contributed by atoms with E-state index in [1.54, 1.807) is 30.5 Å². The van der Waals surface area contributed by atoms with Gasteiger partial charge in [0, 0.05) is 6.20 Å². The molecule has 3 N–H and O–H groups in total. The second kappa shape index (κ2) is 4.06. The lowest BCUT2D eigenvalue weighted by molar-refractivity contribution is 0.588. The van der Waals surface area contributed by atoms with Crippen molar-refractivity contribution in [2.45, 2.75) is 10.1 Å². The molecule has 0 spiro atoms. The van der Waals surface area contributed by atoms with Crippen LogP contribution >= 0.6 is 0 Å². The van der Waals surface area contributed by atoms with Crippen LogP contribution in [0.5, 0.6) is 0 Å². The Morgan fingerprint density at radius 2 is 1.79 bits per heavy atom. The minimum absolute atomic E-state index is 0.139. The summed E-state index contributed by atoms with van der Waals surface area (Å²) >= 11 is 0. The maximum absolute atomic E-state index is 12.4. The highest BCUT2D eigenvalue weighted by atomic mass is 32.2. The monoisotopic (exact) mass is 274 g/mol. The molecule has 0 aliphatic heterocycles. The summed E-state index contributed by atoms with van der Waals surface area (Å²) in [4.78, 5) is 10.9. The zero-order valence-electron chi connectivity index (χ0n) is 9.74. The van der Waals surface area contributed by atoms with Crippen molar-refractivity contribution in [2.75, 3.05) is 5.73 Å². The molecule has 2 heterocycles. The molecule has 7 heteroatoms. The van der Waals surface area contributed by atoms with Crippen LogP contribution < -0.4 is 5.73 Å². The van der Waals surface area contributed by atoms with Crippen molar-refractivity contribution in [3.8, 4) is 0 Å². The molecule has 0 unspecified atom stereocenters. The number of hydrogen-bond donors (Lipinski definition) is 2. The number of fused-ring (bicyclic) bond motifs is 1. The highest BCUT2D eigenvalue weighted by Gasteiger charge is 2.22. The minimum atomic E-state index is -3.75. The molecular weight excluding hydrogens is 264 g/mol. The minimum Gasteiger partial charge on any atom is -0.383 e. The van der Waals surface area contributed by atoms with Gasteiger partial charge in [-0.3, -0.25) is 0 Å². The smallest absolute Gasteiger partial charge is 0.255 e. The number of hydrogen-bond acceptors (Lipinski definition) is 5. The van der Waals surface area contributed by atoms with Crippen molar-refractivity contribution in [1.82, 2.24) is 15.0 Å². The predicted octanol–water partition coefficient (Wildman–Crippen LogP) is 1.37. The van der Waals surface area contributed by atoms with Gasteiger partial charge in [-0.2, -0.15) is 4.98 Å². The fourth-order valence-corrected chi connectivity index (χ4v) is 2.93. The average Bonchev–Trinajstić information content (AvgIpc) is 2.88. The van der Waals surface area contributed by atoms with E-state index in [0.29, 0.717) is 11.0 Å². The predicted molar refractivity (Wildman–Crippen MR) is 70.2 cm³/mol. The second-order valence-electron chi connectivity index (χ2n) is 3.95. The number of sulfone groups is 1. The molecule has 96 valence electrons.